The number of pyridine rings is 1. The molecule has 2 N–H and O–H groups in total. The molecule has 2 aliphatic rings. The van der Waals surface area contributed by atoms with Gasteiger partial charge in [-0.3, -0.25) is 14.4 Å². The zero-order valence-electron chi connectivity index (χ0n) is 12.7. The lowest BCUT2D eigenvalue weighted by atomic mass is 9.81. The van der Waals surface area contributed by atoms with Gasteiger partial charge in [0.25, 0.3) is 5.91 Å². The highest BCUT2D eigenvalue weighted by Gasteiger charge is 2.45. The second-order valence-electron chi connectivity index (χ2n) is 6.40. The van der Waals surface area contributed by atoms with Gasteiger partial charge in [0.15, 0.2) is 0 Å². The molecule has 3 rings (SSSR count). The number of piperidine rings is 1. The molecule has 0 unspecified atom stereocenters. The van der Waals surface area contributed by atoms with Gasteiger partial charge in [-0.25, -0.2) is 0 Å². The van der Waals surface area contributed by atoms with E-state index in [0.717, 1.165) is 25.7 Å². The second-order valence-corrected chi connectivity index (χ2v) is 6.40. The Morgan fingerprint density at radius 2 is 2.14 bits per heavy atom. The first-order valence-electron chi connectivity index (χ1n) is 7.81. The van der Waals surface area contributed by atoms with Gasteiger partial charge in [-0.1, -0.05) is 6.07 Å². The molecular formula is C16H21N3O3. The highest BCUT2D eigenvalue weighted by molar-refractivity contribution is 5.92. The van der Waals surface area contributed by atoms with E-state index < -0.39 is 0 Å². The summed E-state index contributed by atoms with van der Waals surface area (Å²) in [6.07, 6.45) is 3.81. The third kappa shape index (κ3) is 2.65. The molecule has 0 bridgehead atoms. The van der Waals surface area contributed by atoms with Crippen LogP contribution in [0.15, 0.2) is 23.0 Å². The third-order valence-electron chi connectivity index (χ3n) is 4.77. The highest BCUT2D eigenvalue weighted by atomic mass is 16.2. The number of rotatable bonds is 1. The van der Waals surface area contributed by atoms with Gasteiger partial charge < -0.3 is 15.2 Å². The lowest BCUT2D eigenvalue weighted by molar-refractivity contribution is -0.123. The van der Waals surface area contributed by atoms with E-state index >= 15 is 0 Å². The van der Waals surface area contributed by atoms with Crippen LogP contribution in [0.3, 0.4) is 0 Å². The fourth-order valence-corrected chi connectivity index (χ4v) is 3.71. The number of carbonyl (C=O) groups excluding carboxylic acids is 2. The molecule has 3 heterocycles. The number of amides is 2. The van der Waals surface area contributed by atoms with Crippen molar-refractivity contribution in [1.82, 2.24) is 15.2 Å². The number of H-pyrrole nitrogens is 1. The molecular weight excluding hydrogens is 282 g/mol. The molecule has 1 aromatic heterocycles. The van der Waals surface area contributed by atoms with Crippen molar-refractivity contribution in [3.05, 3.63) is 34.2 Å². The first-order valence-corrected chi connectivity index (χ1v) is 7.81. The van der Waals surface area contributed by atoms with E-state index in [9.17, 15) is 14.4 Å². The van der Waals surface area contributed by atoms with Crippen LogP contribution in [-0.2, 0) is 4.79 Å². The van der Waals surface area contributed by atoms with Gasteiger partial charge in [-0.15, -0.1) is 0 Å². The number of carbonyl (C=O) groups is 2. The monoisotopic (exact) mass is 303 g/mol. The smallest absolute Gasteiger partial charge is 0.270 e. The largest absolute Gasteiger partial charge is 0.349 e. The number of hydrogen-bond donors (Lipinski definition) is 2. The third-order valence-corrected chi connectivity index (χ3v) is 4.77. The number of nitrogens with zero attached hydrogens (tertiary/aromatic N) is 1. The second kappa shape index (κ2) is 5.59. The maximum Gasteiger partial charge on any atom is 0.270 e. The van der Waals surface area contributed by atoms with E-state index in [1.54, 1.807) is 12.1 Å². The maximum absolute atomic E-state index is 12.8. The molecule has 22 heavy (non-hydrogen) atoms. The van der Waals surface area contributed by atoms with Crippen molar-refractivity contribution in [1.29, 1.82) is 0 Å². The highest BCUT2D eigenvalue weighted by Crippen LogP contribution is 2.33. The van der Waals surface area contributed by atoms with Crippen LogP contribution in [0, 0.1) is 0 Å². The molecule has 2 amide bonds. The molecule has 1 aromatic rings. The summed E-state index contributed by atoms with van der Waals surface area (Å²) in [5, 5.41) is 3.10. The first kappa shape index (κ1) is 14.8. The Bertz CT molecular complexity index is 654. The molecule has 6 nitrogen and oxygen atoms in total. The van der Waals surface area contributed by atoms with E-state index in [1.165, 1.54) is 6.07 Å². The quantitative estimate of drug-likeness (QED) is 0.813. The molecule has 2 saturated heterocycles. The van der Waals surface area contributed by atoms with Crippen molar-refractivity contribution in [3.8, 4) is 0 Å². The standard InChI is InChI=1S/C16H21N3O3/c1-16-9-4-10-19(12(16)6-3-8-14(21)18-16)15(22)11-5-2-7-13(20)17-11/h2,5,7,12H,3-4,6,8-10H2,1H3,(H,17,20)(H,18,21)/t12-,16-/m0/s1. The summed E-state index contributed by atoms with van der Waals surface area (Å²) in [6.45, 7) is 2.68. The van der Waals surface area contributed by atoms with Crippen molar-refractivity contribution < 1.29 is 9.59 Å². The van der Waals surface area contributed by atoms with Gasteiger partial charge in [0.2, 0.25) is 11.5 Å². The van der Waals surface area contributed by atoms with Crippen LogP contribution in [0.4, 0.5) is 0 Å². The van der Waals surface area contributed by atoms with Gasteiger partial charge in [0.1, 0.15) is 5.69 Å². The molecule has 0 saturated carbocycles. The number of fused-ring (bicyclic) bond motifs is 1. The fourth-order valence-electron chi connectivity index (χ4n) is 3.71. The van der Waals surface area contributed by atoms with Gasteiger partial charge in [0, 0.05) is 19.0 Å². The molecule has 2 fully saturated rings. The van der Waals surface area contributed by atoms with Crippen LogP contribution in [0.5, 0.6) is 0 Å². The molecule has 2 atom stereocenters. The van der Waals surface area contributed by atoms with Crippen LogP contribution in [0.2, 0.25) is 0 Å². The SMILES string of the molecule is C[C@]12CCCN(C(=O)c3cccc(=O)[nH]3)[C@H]1CCCC(=O)N2. The van der Waals surface area contributed by atoms with Crippen LogP contribution in [0.25, 0.3) is 0 Å². The van der Waals surface area contributed by atoms with Gasteiger partial charge in [0.05, 0.1) is 11.6 Å². The summed E-state index contributed by atoms with van der Waals surface area (Å²) in [5.41, 5.74) is -0.344. The summed E-state index contributed by atoms with van der Waals surface area (Å²) >= 11 is 0. The number of aromatic nitrogens is 1. The van der Waals surface area contributed by atoms with Crippen molar-refractivity contribution in [2.24, 2.45) is 0 Å². The molecule has 118 valence electrons. The number of nitrogens with one attached hydrogen (secondary N) is 2. The van der Waals surface area contributed by atoms with Crippen LogP contribution < -0.4 is 10.9 Å². The van der Waals surface area contributed by atoms with E-state index in [0.29, 0.717) is 18.7 Å². The normalized spacial score (nSPS) is 28.5. The Morgan fingerprint density at radius 3 is 2.91 bits per heavy atom. The van der Waals surface area contributed by atoms with Crippen molar-refractivity contribution in [2.45, 2.75) is 50.6 Å². The molecule has 0 spiro atoms. The van der Waals surface area contributed by atoms with E-state index in [4.69, 9.17) is 0 Å². The van der Waals surface area contributed by atoms with E-state index in [1.807, 2.05) is 11.8 Å². The molecule has 0 aliphatic carbocycles. The summed E-state index contributed by atoms with van der Waals surface area (Å²) < 4.78 is 0. The predicted molar refractivity (Wildman–Crippen MR) is 81.5 cm³/mol. The minimum absolute atomic E-state index is 0.0242. The van der Waals surface area contributed by atoms with Crippen molar-refractivity contribution in [2.75, 3.05) is 6.54 Å². The molecule has 0 aromatic carbocycles. The van der Waals surface area contributed by atoms with Gasteiger partial charge in [-0.2, -0.15) is 0 Å². The minimum atomic E-state index is -0.378. The van der Waals surface area contributed by atoms with Crippen LogP contribution in [0.1, 0.15) is 49.5 Å². The van der Waals surface area contributed by atoms with Crippen LogP contribution >= 0.6 is 0 Å². The lowest BCUT2D eigenvalue weighted by Crippen LogP contribution is -2.63. The first-order chi connectivity index (χ1) is 10.5. The zero-order chi connectivity index (χ0) is 15.7. The van der Waals surface area contributed by atoms with Crippen molar-refractivity contribution in [3.63, 3.8) is 0 Å². The molecule has 2 aliphatic heterocycles. The number of hydrogen-bond acceptors (Lipinski definition) is 3. The summed E-state index contributed by atoms with van der Waals surface area (Å²) in [6, 6.07) is 4.58. The zero-order valence-corrected chi connectivity index (χ0v) is 12.7. The summed E-state index contributed by atoms with van der Waals surface area (Å²) in [7, 11) is 0. The van der Waals surface area contributed by atoms with Gasteiger partial charge >= 0.3 is 0 Å². The fraction of sp³-hybridized carbons (Fsp3) is 0.562. The van der Waals surface area contributed by atoms with Crippen LogP contribution in [-0.4, -0.2) is 39.8 Å². The predicted octanol–water partition coefficient (Wildman–Crippen LogP) is 1.04. The van der Waals surface area contributed by atoms with Crippen molar-refractivity contribution >= 4 is 11.8 Å². The summed E-state index contributed by atoms with van der Waals surface area (Å²) in [5.74, 6) is -0.0998. The topological polar surface area (TPSA) is 82.3 Å². The Hall–Kier alpha value is -2.11. The Labute approximate surface area is 128 Å². The maximum atomic E-state index is 12.8. The number of aromatic amines is 1. The number of likely N-dealkylation sites (tertiary alicyclic amines) is 1. The average Bonchev–Trinajstić information content (AvgIpc) is 2.63. The summed E-state index contributed by atoms with van der Waals surface area (Å²) in [4.78, 5) is 40.5. The lowest BCUT2D eigenvalue weighted by Gasteiger charge is -2.47. The minimum Gasteiger partial charge on any atom is -0.349 e. The average molecular weight is 303 g/mol. The Balaban J connectivity index is 1.91. The Morgan fingerprint density at radius 1 is 1.32 bits per heavy atom. The van der Waals surface area contributed by atoms with E-state index in [-0.39, 0.29) is 29.0 Å². The van der Waals surface area contributed by atoms with E-state index in [2.05, 4.69) is 10.3 Å². The Kier molecular flexibility index (Phi) is 3.76. The van der Waals surface area contributed by atoms with Gasteiger partial charge in [-0.05, 0) is 38.7 Å². The molecule has 6 heteroatoms. The molecule has 0 radical (unpaired) electrons.